The van der Waals surface area contributed by atoms with E-state index in [-0.39, 0.29) is 0 Å². The van der Waals surface area contributed by atoms with Crippen LogP contribution < -0.4 is 9.80 Å². The first kappa shape index (κ1) is 7.38. The van der Waals surface area contributed by atoms with Crippen molar-refractivity contribution >= 4 is 17.1 Å². The zero-order valence-electron chi connectivity index (χ0n) is 12.7. The van der Waals surface area contributed by atoms with E-state index in [0.29, 0.717) is 6.67 Å². The summed E-state index contributed by atoms with van der Waals surface area (Å²) in [5.41, 5.74) is 3.88. The van der Waals surface area contributed by atoms with Crippen molar-refractivity contribution in [1.82, 2.24) is 0 Å². The normalized spacial score (nSPS) is 17.4. The summed E-state index contributed by atoms with van der Waals surface area (Å²) in [5, 5.41) is 0. The minimum Gasteiger partial charge on any atom is -0.355 e. The zero-order chi connectivity index (χ0) is 14.3. The topological polar surface area (TPSA) is 6.48 Å². The molecule has 0 aliphatic carbocycles. The Balaban J connectivity index is 2.10. The monoisotopic (exact) mass is 227 g/mol. The maximum Gasteiger partial charge on any atom is 0.0950 e. The van der Waals surface area contributed by atoms with Gasteiger partial charge in [-0.05, 0) is 30.7 Å². The average Bonchev–Trinajstić information content (AvgIpc) is 2.79. The molecule has 2 nitrogen and oxygen atoms in total. The lowest BCUT2D eigenvalue weighted by molar-refractivity contribution is 0.946. The fraction of sp³-hybridized carbons (Fsp3) is 0.200. The Kier molecular flexibility index (Phi) is 1.65. The molecule has 0 saturated carbocycles. The van der Waals surface area contributed by atoms with Crippen molar-refractivity contribution in [3.8, 4) is 0 Å². The van der Waals surface area contributed by atoms with Gasteiger partial charge < -0.3 is 9.80 Å². The van der Waals surface area contributed by atoms with Gasteiger partial charge in [0.1, 0.15) is 0 Å². The fourth-order valence-corrected chi connectivity index (χ4v) is 2.29. The van der Waals surface area contributed by atoms with Gasteiger partial charge in [-0.15, -0.1) is 0 Å². The predicted molar refractivity (Wildman–Crippen MR) is 73.0 cm³/mol. The summed E-state index contributed by atoms with van der Waals surface area (Å²) in [7, 11) is 0. The second-order valence-electron chi connectivity index (χ2n) is 4.27. The Bertz CT molecular complexity index is 637. The fourth-order valence-electron chi connectivity index (χ4n) is 2.29. The summed E-state index contributed by atoms with van der Waals surface area (Å²) in [6.07, 6.45) is 0. The highest BCUT2D eigenvalue weighted by Crippen LogP contribution is 2.40. The van der Waals surface area contributed by atoms with Crippen LogP contribution in [0, 0.1) is 6.92 Å². The molecule has 2 aromatic carbocycles. The van der Waals surface area contributed by atoms with Crippen LogP contribution in [0.4, 0.5) is 17.1 Å². The minimum absolute atomic E-state index is 0.348. The molecule has 3 rings (SSSR count). The van der Waals surface area contributed by atoms with Gasteiger partial charge in [-0.1, -0.05) is 30.3 Å². The molecule has 0 atom stereocenters. The Morgan fingerprint density at radius 3 is 2.29 bits per heavy atom. The molecule has 0 fully saturated rings. The predicted octanol–water partition coefficient (Wildman–Crippen LogP) is 3.54. The van der Waals surface area contributed by atoms with Gasteiger partial charge in [0, 0.05) is 16.8 Å². The first-order chi connectivity index (χ1) is 9.48. The lowest BCUT2D eigenvalue weighted by Crippen LogP contribution is -2.24. The number of hydrogen-bond acceptors (Lipinski definition) is 2. The van der Waals surface area contributed by atoms with E-state index < -0.39 is 6.98 Å². The molecule has 1 aliphatic rings. The number of para-hydroxylation sites is 3. The molecular weight excluding hydrogens is 208 g/mol. The molecule has 2 heteroatoms. The van der Waals surface area contributed by atoms with E-state index in [2.05, 4.69) is 4.90 Å². The summed E-state index contributed by atoms with van der Waals surface area (Å²) >= 11 is 0. The van der Waals surface area contributed by atoms with Crippen LogP contribution in [-0.4, -0.2) is 13.6 Å². The molecular formula is C15H16N2. The van der Waals surface area contributed by atoms with Crippen LogP contribution in [0.3, 0.4) is 0 Å². The number of benzene rings is 2. The molecule has 2 aromatic rings. The molecule has 1 aliphatic heterocycles. The molecule has 0 radical (unpaired) electrons. The average molecular weight is 227 g/mol. The van der Waals surface area contributed by atoms with Gasteiger partial charge in [0.05, 0.1) is 18.0 Å². The van der Waals surface area contributed by atoms with Crippen LogP contribution in [0.25, 0.3) is 0 Å². The van der Waals surface area contributed by atoms with Gasteiger partial charge in [0.2, 0.25) is 0 Å². The Morgan fingerprint density at radius 2 is 1.59 bits per heavy atom. The highest BCUT2D eigenvalue weighted by molar-refractivity contribution is 5.82. The number of fused-ring (bicyclic) bond motifs is 1. The number of nitrogens with zero attached hydrogens (tertiary/aromatic N) is 2. The third-order valence-corrected chi connectivity index (χ3v) is 3.15. The van der Waals surface area contributed by atoms with Crippen molar-refractivity contribution in [2.45, 2.75) is 6.92 Å². The Hall–Kier alpha value is -1.96. The van der Waals surface area contributed by atoms with E-state index in [9.17, 15) is 0 Å². The van der Waals surface area contributed by atoms with Crippen LogP contribution in [0.1, 0.15) is 9.68 Å². The van der Waals surface area contributed by atoms with Crippen molar-refractivity contribution in [2.24, 2.45) is 0 Å². The molecule has 17 heavy (non-hydrogen) atoms. The summed E-state index contributed by atoms with van der Waals surface area (Å²) in [6, 6.07) is 15.7. The van der Waals surface area contributed by atoms with Crippen molar-refractivity contribution in [1.29, 1.82) is 0 Å². The molecule has 0 bridgehead atoms. The summed E-state index contributed by atoms with van der Waals surface area (Å²) < 4.78 is 23.1. The second kappa shape index (κ2) is 3.81. The third-order valence-electron chi connectivity index (χ3n) is 3.15. The van der Waals surface area contributed by atoms with Crippen LogP contribution in [0.5, 0.6) is 0 Å². The molecule has 0 aromatic heterocycles. The molecule has 0 amide bonds. The van der Waals surface area contributed by atoms with Crippen LogP contribution in [0.2, 0.25) is 0 Å². The second-order valence-corrected chi connectivity index (χ2v) is 4.27. The highest BCUT2D eigenvalue weighted by Gasteiger charge is 2.24. The maximum absolute atomic E-state index is 7.70. The van der Waals surface area contributed by atoms with Gasteiger partial charge >= 0.3 is 0 Å². The number of aryl methyl sites for hydroxylation is 1. The quantitative estimate of drug-likeness (QED) is 0.735. The van der Waals surface area contributed by atoms with Gasteiger partial charge in [0.15, 0.2) is 0 Å². The van der Waals surface area contributed by atoms with Gasteiger partial charge in [-0.3, -0.25) is 0 Å². The standard InChI is InChI=1S/C15H16N2/c1-12-7-3-4-8-13(12)17-11-16(2)14-9-5-6-10-15(14)17/h3-10H,11H2,1-2H3/i2D3. The number of anilines is 3. The van der Waals surface area contributed by atoms with E-state index in [1.165, 1.54) is 4.90 Å². The van der Waals surface area contributed by atoms with Crippen molar-refractivity contribution < 1.29 is 4.11 Å². The van der Waals surface area contributed by atoms with Crippen LogP contribution >= 0.6 is 0 Å². The van der Waals surface area contributed by atoms with Crippen LogP contribution in [-0.2, 0) is 0 Å². The Morgan fingerprint density at radius 1 is 0.941 bits per heavy atom. The van der Waals surface area contributed by atoms with Crippen LogP contribution in [0.15, 0.2) is 48.5 Å². The van der Waals surface area contributed by atoms with E-state index in [4.69, 9.17) is 4.11 Å². The van der Waals surface area contributed by atoms with Crippen molar-refractivity contribution in [3.05, 3.63) is 54.1 Å². The van der Waals surface area contributed by atoms with E-state index >= 15 is 0 Å². The summed E-state index contributed by atoms with van der Waals surface area (Å²) in [4.78, 5) is 3.52. The molecule has 0 saturated heterocycles. The molecule has 0 N–H and O–H groups in total. The van der Waals surface area contributed by atoms with Gasteiger partial charge in [-0.25, -0.2) is 0 Å². The number of rotatable bonds is 1. The SMILES string of the molecule is [2H]C([2H])([2H])N1CN(c2ccccc2C)c2ccccc21. The van der Waals surface area contributed by atoms with E-state index in [0.717, 1.165) is 22.6 Å². The smallest absolute Gasteiger partial charge is 0.0950 e. The lowest BCUT2D eigenvalue weighted by Gasteiger charge is -2.21. The Labute approximate surface area is 106 Å². The van der Waals surface area contributed by atoms with E-state index in [1.54, 1.807) is 0 Å². The maximum atomic E-state index is 7.70. The zero-order valence-corrected chi connectivity index (χ0v) is 9.72. The van der Waals surface area contributed by atoms with E-state index in [1.807, 2.05) is 55.5 Å². The first-order valence-electron chi connectivity index (χ1n) is 7.18. The lowest BCUT2D eigenvalue weighted by atomic mass is 10.1. The highest BCUT2D eigenvalue weighted by atomic mass is 15.4. The molecule has 1 heterocycles. The first-order valence-corrected chi connectivity index (χ1v) is 5.68. The van der Waals surface area contributed by atoms with Gasteiger partial charge in [0.25, 0.3) is 0 Å². The van der Waals surface area contributed by atoms with Crippen molar-refractivity contribution in [3.63, 3.8) is 0 Å². The summed E-state index contributed by atoms with van der Waals surface area (Å²) in [5.74, 6) is 0. The minimum atomic E-state index is -2.13. The van der Waals surface area contributed by atoms with Gasteiger partial charge in [-0.2, -0.15) is 0 Å². The largest absolute Gasteiger partial charge is 0.355 e. The molecule has 86 valence electrons. The molecule has 0 unspecified atom stereocenters. The number of hydrogen-bond donors (Lipinski definition) is 0. The third kappa shape index (κ3) is 1.57. The van der Waals surface area contributed by atoms with Crippen molar-refractivity contribution in [2.75, 3.05) is 23.4 Å². The molecule has 0 spiro atoms. The summed E-state index contributed by atoms with van der Waals surface area (Å²) in [6.45, 7) is 0.254.